The summed E-state index contributed by atoms with van der Waals surface area (Å²) in [5, 5.41) is 6.48. The maximum atomic E-state index is 13.2. The zero-order valence-corrected chi connectivity index (χ0v) is 15.6. The molecular formula is C21H26ClFN2O. The molecular weight excluding hydrogens is 351 g/mol. The number of hydrogen-bond acceptors (Lipinski definition) is 2. The molecule has 2 aromatic carbocycles. The van der Waals surface area contributed by atoms with Crippen LogP contribution in [0.4, 0.5) is 4.39 Å². The molecule has 1 fully saturated rings. The lowest BCUT2D eigenvalue weighted by atomic mass is 9.92. The summed E-state index contributed by atoms with van der Waals surface area (Å²) in [4.78, 5) is 12.5. The predicted molar refractivity (Wildman–Crippen MR) is 105 cm³/mol. The number of rotatable bonds is 6. The SMILES string of the molecule is Cl.O=C(CCC1CCNCC1)NC(c1ccccc1)c1ccc(F)cc1. The van der Waals surface area contributed by atoms with Gasteiger partial charge in [-0.05, 0) is 61.5 Å². The van der Waals surface area contributed by atoms with E-state index in [4.69, 9.17) is 0 Å². The van der Waals surface area contributed by atoms with Gasteiger partial charge in [-0.15, -0.1) is 12.4 Å². The van der Waals surface area contributed by atoms with Crippen molar-refractivity contribution in [3.8, 4) is 0 Å². The van der Waals surface area contributed by atoms with E-state index in [-0.39, 0.29) is 30.2 Å². The van der Waals surface area contributed by atoms with E-state index in [9.17, 15) is 9.18 Å². The van der Waals surface area contributed by atoms with Gasteiger partial charge in [0, 0.05) is 6.42 Å². The first-order chi connectivity index (χ1) is 12.2. The van der Waals surface area contributed by atoms with Gasteiger partial charge in [0.2, 0.25) is 5.91 Å². The monoisotopic (exact) mass is 376 g/mol. The molecule has 1 aliphatic rings. The quantitative estimate of drug-likeness (QED) is 0.792. The third kappa shape index (κ3) is 5.82. The van der Waals surface area contributed by atoms with Gasteiger partial charge >= 0.3 is 0 Å². The molecule has 3 nitrogen and oxygen atoms in total. The molecule has 0 aromatic heterocycles. The van der Waals surface area contributed by atoms with Crippen LogP contribution in [-0.4, -0.2) is 19.0 Å². The molecule has 1 aliphatic heterocycles. The van der Waals surface area contributed by atoms with E-state index in [0.29, 0.717) is 12.3 Å². The molecule has 3 rings (SSSR count). The van der Waals surface area contributed by atoms with Crippen LogP contribution in [0.3, 0.4) is 0 Å². The van der Waals surface area contributed by atoms with Gasteiger partial charge in [0.25, 0.3) is 0 Å². The van der Waals surface area contributed by atoms with E-state index < -0.39 is 0 Å². The minimum absolute atomic E-state index is 0. The predicted octanol–water partition coefficient (Wildman–Crippen LogP) is 4.23. The Morgan fingerprint density at radius 1 is 1.04 bits per heavy atom. The highest BCUT2D eigenvalue weighted by molar-refractivity contribution is 5.85. The highest BCUT2D eigenvalue weighted by Gasteiger charge is 2.19. The fourth-order valence-corrected chi connectivity index (χ4v) is 3.40. The Bertz CT molecular complexity index is 672. The number of piperidine rings is 1. The second kappa shape index (κ2) is 10.3. The Balaban J connectivity index is 0.00000243. The molecule has 0 spiro atoms. The molecule has 5 heteroatoms. The van der Waals surface area contributed by atoms with Crippen molar-refractivity contribution in [2.45, 2.75) is 31.7 Å². The number of amides is 1. The van der Waals surface area contributed by atoms with Crippen LogP contribution in [0.1, 0.15) is 42.9 Å². The zero-order valence-electron chi connectivity index (χ0n) is 14.8. The summed E-state index contributed by atoms with van der Waals surface area (Å²) in [5.74, 6) is 0.414. The van der Waals surface area contributed by atoms with Crippen LogP contribution in [0.2, 0.25) is 0 Å². The van der Waals surface area contributed by atoms with Gasteiger partial charge < -0.3 is 10.6 Å². The topological polar surface area (TPSA) is 41.1 Å². The number of nitrogens with one attached hydrogen (secondary N) is 2. The standard InChI is InChI=1S/C21H25FN2O.ClH/c22-19-9-7-18(8-10-19)21(17-4-2-1-3-5-17)24-20(25)11-6-16-12-14-23-15-13-16;/h1-5,7-10,16,21,23H,6,11-15H2,(H,24,25);1H. The Labute approximate surface area is 160 Å². The summed E-state index contributed by atoms with van der Waals surface area (Å²) in [7, 11) is 0. The number of hydrogen-bond donors (Lipinski definition) is 2. The average molecular weight is 377 g/mol. The van der Waals surface area contributed by atoms with Crippen molar-refractivity contribution in [3.05, 3.63) is 71.5 Å². The summed E-state index contributed by atoms with van der Waals surface area (Å²) < 4.78 is 13.2. The molecule has 0 aliphatic carbocycles. The first-order valence-electron chi connectivity index (χ1n) is 9.03. The third-order valence-corrected chi connectivity index (χ3v) is 4.88. The molecule has 26 heavy (non-hydrogen) atoms. The molecule has 1 unspecified atom stereocenters. The van der Waals surface area contributed by atoms with Gasteiger partial charge in [-0.1, -0.05) is 42.5 Å². The van der Waals surface area contributed by atoms with Gasteiger partial charge in [-0.25, -0.2) is 4.39 Å². The van der Waals surface area contributed by atoms with Crippen LogP contribution in [-0.2, 0) is 4.79 Å². The lowest BCUT2D eigenvalue weighted by molar-refractivity contribution is -0.121. The smallest absolute Gasteiger partial charge is 0.220 e. The zero-order chi connectivity index (χ0) is 17.5. The summed E-state index contributed by atoms with van der Waals surface area (Å²) in [6.07, 6.45) is 3.76. The fourth-order valence-electron chi connectivity index (χ4n) is 3.40. The van der Waals surface area contributed by atoms with Gasteiger partial charge in [0.15, 0.2) is 0 Å². The Hall–Kier alpha value is -1.91. The second-order valence-electron chi connectivity index (χ2n) is 6.69. The van der Waals surface area contributed by atoms with Crippen LogP contribution in [0, 0.1) is 11.7 Å². The van der Waals surface area contributed by atoms with Gasteiger partial charge in [0.1, 0.15) is 5.82 Å². The minimum atomic E-state index is -0.271. The molecule has 0 bridgehead atoms. The summed E-state index contributed by atoms with van der Waals surface area (Å²) >= 11 is 0. The third-order valence-electron chi connectivity index (χ3n) is 4.88. The van der Waals surface area contributed by atoms with Crippen molar-refractivity contribution in [3.63, 3.8) is 0 Å². The average Bonchev–Trinajstić information content (AvgIpc) is 2.67. The second-order valence-corrected chi connectivity index (χ2v) is 6.69. The van der Waals surface area contributed by atoms with Crippen molar-refractivity contribution < 1.29 is 9.18 Å². The molecule has 140 valence electrons. The number of carbonyl (C=O) groups excluding carboxylic acids is 1. The molecule has 1 saturated heterocycles. The molecule has 2 N–H and O–H groups in total. The van der Waals surface area contributed by atoms with E-state index in [2.05, 4.69) is 10.6 Å². The van der Waals surface area contributed by atoms with Crippen LogP contribution >= 0.6 is 12.4 Å². The minimum Gasteiger partial charge on any atom is -0.345 e. The van der Waals surface area contributed by atoms with Crippen molar-refractivity contribution in [2.75, 3.05) is 13.1 Å². The van der Waals surface area contributed by atoms with Crippen molar-refractivity contribution in [2.24, 2.45) is 5.92 Å². The van der Waals surface area contributed by atoms with Crippen LogP contribution in [0.15, 0.2) is 54.6 Å². The van der Waals surface area contributed by atoms with Gasteiger partial charge in [-0.2, -0.15) is 0 Å². The van der Waals surface area contributed by atoms with Crippen LogP contribution in [0.5, 0.6) is 0 Å². The maximum Gasteiger partial charge on any atom is 0.220 e. The number of benzene rings is 2. The molecule has 1 amide bonds. The molecule has 1 heterocycles. The Morgan fingerprint density at radius 3 is 2.31 bits per heavy atom. The first kappa shape index (κ1) is 20.4. The first-order valence-corrected chi connectivity index (χ1v) is 9.03. The van der Waals surface area contributed by atoms with E-state index in [1.54, 1.807) is 12.1 Å². The van der Waals surface area contributed by atoms with E-state index >= 15 is 0 Å². The summed E-state index contributed by atoms with van der Waals surface area (Å²) in [6.45, 7) is 2.10. The normalized spacial score (nSPS) is 15.7. The molecule has 0 radical (unpaired) electrons. The Morgan fingerprint density at radius 2 is 1.65 bits per heavy atom. The molecule has 0 saturated carbocycles. The highest BCUT2D eigenvalue weighted by atomic mass is 35.5. The van der Waals surface area contributed by atoms with E-state index in [1.807, 2.05) is 30.3 Å². The molecule has 1 atom stereocenters. The van der Waals surface area contributed by atoms with Crippen molar-refractivity contribution >= 4 is 18.3 Å². The van der Waals surface area contributed by atoms with Crippen molar-refractivity contribution in [1.82, 2.24) is 10.6 Å². The van der Waals surface area contributed by atoms with E-state index in [0.717, 1.165) is 43.5 Å². The Kier molecular flexibility index (Phi) is 8.07. The van der Waals surface area contributed by atoms with Gasteiger partial charge in [0.05, 0.1) is 6.04 Å². The highest BCUT2D eigenvalue weighted by Crippen LogP contribution is 2.23. The lowest BCUT2D eigenvalue weighted by Gasteiger charge is -2.23. The number of halogens is 2. The summed E-state index contributed by atoms with van der Waals surface area (Å²) in [5.41, 5.74) is 1.90. The van der Waals surface area contributed by atoms with Crippen molar-refractivity contribution in [1.29, 1.82) is 0 Å². The lowest BCUT2D eigenvalue weighted by Crippen LogP contribution is -2.31. The summed E-state index contributed by atoms with van der Waals surface area (Å²) in [6, 6.07) is 15.9. The van der Waals surface area contributed by atoms with Crippen LogP contribution < -0.4 is 10.6 Å². The van der Waals surface area contributed by atoms with Gasteiger partial charge in [-0.3, -0.25) is 4.79 Å². The molecule has 2 aromatic rings. The largest absolute Gasteiger partial charge is 0.345 e. The number of carbonyl (C=O) groups is 1. The maximum absolute atomic E-state index is 13.2. The fraction of sp³-hybridized carbons (Fsp3) is 0.381. The van der Waals surface area contributed by atoms with Crippen LogP contribution in [0.25, 0.3) is 0 Å². The van der Waals surface area contributed by atoms with E-state index in [1.165, 1.54) is 12.1 Å².